The molecule has 1 fully saturated rings. The van der Waals surface area contributed by atoms with Crippen LogP contribution >= 0.6 is 0 Å². The van der Waals surface area contributed by atoms with E-state index >= 15 is 0 Å². The van der Waals surface area contributed by atoms with E-state index in [9.17, 15) is 19.1 Å². The van der Waals surface area contributed by atoms with E-state index in [1.807, 2.05) is 6.07 Å². The Balaban J connectivity index is 1.33. The van der Waals surface area contributed by atoms with E-state index in [1.54, 1.807) is 38.4 Å². The molecule has 1 saturated carbocycles. The average molecular weight is 552 g/mol. The van der Waals surface area contributed by atoms with Crippen LogP contribution in [0.3, 0.4) is 0 Å². The number of nitrogens with one attached hydrogen (secondary N) is 2. The molecule has 5 aromatic rings. The molecule has 41 heavy (non-hydrogen) atoms. The third-order valence-corrected chi connectivity index (χ3v) is 7.11. The van der Waals surface area contributed by atoms with Gasteiger partial charge in [0, 0.05) is 43.0 Å². The molecule has 1 aliphatic carbocycles. The normalized spacial score (nSPS) is 12.9. The highest BCUT2D eigenvalue weighted by atomic mass is 19.1. The molecular weight excluding hydrogens is 525 g/mol. The summed E-state index contributed by atoms with van der Waals surface area (Å²) in [5.41, 5.74) is 4.39. The molecule has 4 heterocycles. The van der Waals surface area contributed by atoms with Crippen molar-refractivity contribution in [3.63, 3.8) is 0 Å². The average Bonchev–Trinajstić information content (AvgIpc) is 3.74. The number of carbonyl (C=O) groups is 2. The third kappa shape index (κ3) is 5.03. The van der Waals surface area contributed by atoms with E-state index in [0.29, 0.717) is 50.7 Å². The summed E-state index contributed by atoms with van der Waals surface area (Å²) in [7, 11) is 3.35. The van der Waals surface area contributed by atoms with Crippen molar-refractivity contribution in [3.05, 3.63) is 89.3 Å². The zero-order chi connectivity index (χ0) is 28.7. The van der Waals surface area contributed by atoms with Crippen LogP contribution in [0.4, 0.5) is 10.2 Å². The second-order valence-electron chi connectivity index (χ2n) is 10.1. The van der Waals surface area contributed by atoms with Crippen LogP contribution in [0.1, 0.15) is 50.6 Å². The van der Waals surface area contributed by atoms with Gasteiger partial charge < -0.3 is 20.3 Å². The van der Waals surface area contributed by atoms with E-state index in [0.717, 1.165) is 18.4 Å². The number of aliphatic hydroxyl groups is 1. The summed E-state index contributed by atoms with van der Waals surface area (Å²) in [5, 5.41) is 13.6. The second kappa shape index (κ2) is 10.5. The van der Waals surface area contributed by atoms with Crippen LogP contribution in [-0.4, -0.2) is 60.8 Å². The lowest BCUT2D eigenvalue weighted by molar-refractivity contribution is 0.0827. The monoisotopic (exact) mass is 551 g/mol. The van der Waals surface area contributed by atoms with E-state index < -0.39 is 18.3 Å². The molecule has 1 aromatic carbocycles. The SMILES string of the molecule is CN(C)C(=O)c1ccc(-c2cc3c(-c4ccnc(NC(=O)c5ccc(C6CC6)cc5F)c4CO)ncnc3[nH]2)nc1. The first-order chi connectivity index (χ1) is 19.8. The number of nitrogens with zero attached hydrogens (tertiary/aromatic N) is 5. The smallest absolute Gasteiger partial charge is 0.259 e. The molecule has 0 radical (unpaired) electrons. The van der Waals surface area contributed by atoms with Gasteiger partial charge in [0.15, 0.2) is 0 Å². The lowest BCUT2D eigenvalue weighted by atomic mass is 10.0. The Hall–Kier alpha value is -5.03. The third-order valence-electron chi connectivity index (χ3n) is 7.11. The molecule has 206 valence electrons. The van der Waals surface area contributed by atoms with Crippen molar-refractivity contribution in [2.45, 2.75) is 25.4 Å². The molecule has 4 aromatic heterocycles. The van der Waals surface area contributed by atoms with Crippen molar-refractivity contribution in [2.24, 2.45) is 0 Å². The minimum atomic E-state index is -0.664. The van der Waals surface area contributed by atoms with E-state index in [1.165, 1.54) is 35.8 Å². The van der Waals surface area contributed by atoms with Crippen LogP contribution in [0, 0.1) is 5.82 Å². The molecule has 0 unspecified atom stereocenters. The van der Waals surface area contributed by atoms with Crippen molar-refractivity contribution in [2.75, 3.05) is 19.4 Å². The Morgan fingerprint density at radius 3 is 2.59 bits per heavy atom. The van der Waals surface area contributed by atoms with Gasteiger partial charge in [-0.1, -0.05) is 6.07 Å². The summed E-state index contributed by atoms with van der Waals surface area (Å²) in [6, 6.07) is 11.6. The number of fused-ring (bicyclic) bond motifs is 1. The van der Waals surface area contributed by atoms with E-state index in [2.05, 4.69) is 30.2 Å². The number of hydrogen-bond donors (Lipinski definition) is 3. The number of carbonyl (C=O) groups excluding carboxylic acids is 2. The van der Waals surface area contributed by atoms with Crippen LogP contribution in [0.25, 0.3) is 33.7 Å². The Kier molecular flexibility index (Phi) is 6.72. The number of rotatable bonds is 7. The van der Waals surface area contributed by atoms with Gasteiger partial charge in [-0.2, -0.15) is 0 Å². The molecule has 0 aliphatic heterocycles. The number of hydrogen-bond acceptors (Lipinski definition) is 7. The first-order valence-corrected chi connectivity index (χ1v) is 13.1. The van der Waals surface area contributed by atoms with Gasteiger partial charge in [-0.25, -0.2) is 19.3 Å². The van der Waals surface area contributed by atoms with Gasteiger partial charge in [-0.3, -0.25) is 14.6 Å². The van der Waals surface area contributed by atoms with Gasteiger partial charge >= 0.3 is 0 Å². The van der Waals surface area contributed by atoms with Gasteiger partial charge in [-0.15, -0.1) is 0 Å². The van der Waals surface area contributed by atoms with Crippen molar-refractivity contribution in [3.8, 4) is 22.6 Å². The lowest BCUT2D eigenvalue weighted by Gasteiger charge is -2.13. The Morgan fingerprint density at radius 2 is 1.90 bits per heavy atom. The largest absolute Gasteiger partial charge is 0.392 e. The fourth-order valence-corrected chi connectivity index (χ4v) is 4.77. The highest BCUT2D eigenvalue weighted by Gasteiger charge is 2.25. The number of amides is 2. The minimum absolute atomic E-state index is 0.101. The van der Waals surface area contributed by atoms with Gasteiger partial charge in [0.05, 0.1) is 34.8 Å². The number of benzene rings is 1. The maximum absolute atomic E-state index is 14.8. The molecule has 3 N–H and O–H groups in total. The standard InChI is InChI=1S/C30H26FN7O3/c1-38(2)30(41)18-6-8-24(33-13-18)25-12-21-26(34-15-35-27(21)36-25)19-9-10-32-28(22(19)14-39)37-29(40)20-7-5-17(11-23(20)31)16-3-4-16/h5-13,15-16,39H,3-4,14H2,1-2H3,(H,32,37,40)(H,34,35,36). The number of pyridine rings is 2. The lowest BCUT2D eigenvalue weighted by Crippen LogP contribution is -2.21. The van der Waals surface area contributed by atoms with Crippen LogP contribution < -0.4 is 5.32 Å². The molecule has 6 rings (SSSR count). The van der Waals surface area contributed by atoms with Crippen molar-refractivity contribution in [1.82, 2.24) is 29.8 Å². The molecule has 10 nitrogen and oxygen atoms in total. The molecular formula is C30H26FN7O3. The highest BCUT2D eigenvalue weighted by Crippen LogP contribution is 2.40. The van der Waals surface area contributed by atoms with Crippen LogP contribution in [0.5, 0.6) is 0 Å². The second-order valence-corrected chi connectivity index (χ2v) is 10.1. The Labute approximate surface area is 234 Å². The molecule has 0 saturated heterocycles. The summed E-state index contributed by atoms with van der Waals surface area (Å²) >= 11 is 0. The molecule has 0 spiro atoms. The van der Waals surface area contributed by atoms with Crippen molar-refractivity contribution >= 4 is 28.7 Å². The number of H-pyrrole nitrogens is 1. The first kappa shape index (κ1) is 26.2. The van der Waals surface area contributed by atoms with Crippen LogP contribution in [0.15, 0.2) is 61.2 Å². The molecule has 0 bridgehead atoms. The number of anilines is 1. The summed E-state index contributed by atoms with van der Waals surface area (Å²) in [6.07, 6.45) is 6.45. The Morgan fingerprint density at radius 1 is 1.07 bits per heavy atom. The van der Waals surface area contributed by atoms with E-state index in [-0.39, 0.29) is 17.3 Å². The number of aromatic amines is 1. The summed E-state index contributed by atoms with van der Waals surface area (Å²) in [6.45, 7) is -0.451. The fraction of sp³-hybridized carbons (Fsp3) is 0.200. The van der Waals surface area contributed by atoms with Crippen LogP contribution in [-0.2, 0) is 6.61 Å². The van der Waals surface area contributed by atoms with Crippen molar-refractivity contribution < 1.29 is 19.1 Å². The van der Waals surface area contributed by atoms with Gasteiger partial charge in [0.25, 0.3) is 11.8 Å². The molecule has 11 heteroatoms. The van der Waals surface area contributed by atoms with Gasteiger partial charge in [0.2, 0.25) is 0 Å². The van der Waals surface area contributed by atoms with Gasteiger partial charge in [0.1, 0.15) is 23.6 Å². The van der Waals surface area contributed by atoms with Crippen molar-refractivity contribution in [1.29, 1.82) is 0 Å². The minimum Gasteiger partial charge on any atom is -0.392 e. The molecule has 0 atom stereocenters. The number of aromatic nitrogens is 5. The van der Waals surface area contributed by atoms with Crippen LogP contribution in [0.2, 0.25) is 0 Å². The maximum atomic E-state index is 14.8. The zero-order valence-corrected chi connectivity index (χ0v) is 22.3. The number of halogens is 1. The highest BCUT2D eigenvalue weighted by molar-refractivity contribution is 6.05. The predicted molar refractivity (Wildman–Crippen MR) is 151 cm³/mol. The topological polar surface area (TPSA) is 137 Å². The molecule has 1 aliphatic rings. The summed E-state index contributed by atoms with van der Waals surface area (Å²) < 4.78 is 14.8. The maximum Gasteiger partial charge on any atom is 0.259 e. The Bertz CT molecular complexity index is 1800. The predicted octanol–water partition coefficient (Wildman–Crippen LogP) is 4.54. The summed E-state index contributed by atoms with van der Waals surface area (Å²) in [5.74, 6) is -0.945. The number of aliphatic hydroxyl groups excluding tert-OH is 1. The van der Waals surface area contributed by atoms with E-state index in [4.69, 9.17) is 0 Å². The van der Waals surface area contributed by atoms with Gasteiger partial charge in [-0.05, 0) is 60.7 Å². The fourth-order valence-electron chi connectivity index (χ4n) is 4.77. The first-order valence-electron chi connectivity index (χ1n) is 13.1. The quantitative estimate of drug-likeness (QED) is 0.270. The zero-order valence-electron chi connectivity index (χ0n) is 22.3. The summed E-state index contributed by atoms with van der Waals surface area (Å²) in [4.78, 5) is 47.4. The molecule has 2 amide bonds.